The first-order valence-corrected chi connectivity index (χ1v) is 6.00. The van der Waals surface area contributed by atoms with Crippen LogP contribution in [0.2, 0.25) is 0 Å². The monoisotopic (exact) mass is 246 g/mol. The van der Waals surface area contributed by atoms with Gasteiger partial charge in [-0.3, -0.25) is 4.79 Å². The van der Waals surface area contributed by atoms with Crippen molar-refractivity contribution in [3.8, 4) is 12.5 Å². The summed E-state index contributed by atoms with van der Waals surface area (Å²) in [5.74, 6) is 2.58. The lowest BCUT2D eigenvalue weighted by Gasteiger charge is -2.02. The second-order valence-corrected chi connectivity index (χ2v) is 4.03. The van der Waals surface area contributed by atoms with Gasteiger partial charge in [0.25, 0.3) is 0 Å². The minimum atomic E-state index is 0.184. The molecule has 0 N–H and O–H groups in total. The number of terminal acetylenes is 1. The molecule has 3 heteroatoms. The quantitative estimate of drug-likeness (QED) is 0.547. The number of carbonyl (C=O) groups excluding carboxylic acids is 1. The number of ether oxygens (including phenoxy) is 1. The molecule has 0 saturated carbocycles. The Morgan fingerprint density at radius 2 is 2.22 bits per heavy atom. The van der Waals surface area contributed by atoms with Crippen molar-refractivity contribution in [2.45, 2.75) is 39.5 Å². The summed E-state index contributed by atoms with van der Waals surface area (Å²) >= 11 is 0. The molecule has 3 nitrogen and oxygen atoms in total. The highest BCUT2D eigenvalue weighted by atomic mass is 16.5. The maximum atomic E-state index is 11.7. The number of Topliss-reactive ketones (excluding diaryl/α,β-unsaturated/α-hetero) is 1. The number of hydrogen-bond donors (Lipinski definition) is 0. The largest absolute Gasteiger partial charge is 0.466 e. The van der Waals surface area contributed by atoms with Crippen LogP contribution in [-0.4, -0.2) is 5.78 Å². The van der Waals surface area contributed by atoms with Gasteiger partial charge in [-0.25, -0.2) is 0 Å². The van der Waals surface area contributed by atoms with E-state index in [0.717, 1.165) is 11.5 Å². The van der Waals surface area contributed by atoms with E-state index in [1.807, 2.05) is 26.0 Å². The molecule has 0 aromatic carbocycles. The van der Waals surface area contributed by atoms with Gasteiger partial charge in [-0.1, -0.05) is 6.42 Å². The first-order valence-electron chi connectivity index (χ1n) is 6.00. The third-order valence-electron chi connectivity index (χ3n) is 2.61. The summed E-state index contributed by atoms with van der Waals surface area (Å²) in [4.78, 5) is 11.7. The highest BCUT2D eigenvalue weighted by Gasteiger charge is 2.07. The average Bonchev–Trinajstić information content (AvgIpc) is 2.77. The molecule has 1 heterocycles. The molecule has 0 fully saturated rings. The molecule has 1 aromatic rings. The molecule has 0 saturated heterocycles. The standard InChI is InChI=1S/C15H18O3/c1-4-14(17-5-2)10-7-13(16)8-11-15-9-6-12(3)18-15/h2,4,6,9H,7-8,10-11H2,1,3H3/b14-4-. The Balaban J connectivity index is 2.28. The number of rotatable bonds is 7. The van der Waals surface area contributed by atoms with Crippen LogP contribution in [0, 0.1) is 19.5 Å². The van der Waals surface area contributed by atoms with Crippen LogP contribution in [0.25, 0.3) is 0 Å². The molecule has 0 radical (unpaired) electrons. The van der Waals surface area contributed by atoms with Gasteiger partial charge in [0.1, 0.15) is 29.2 Å². The third-order valence-corrected chi connectivity index (χ3v) is 2.61. The van der Waals surface area contributed by atoms with Crippen molar-refractivity contribution < 1.29 is 13.9 Å². The van der Waals surface area contributed by atoms with Crippen LogP contribution >= 0.6 is 0 Å². The second-order valence-electron chi connectivity index (χ2n) is 4.03. The predicted octanol–water partition coefficient (Wildman–Crippen LogP) is 3.38. The topological polar surface area (TPSA) is 39.4 Å². The number of furan rings is 1. The van der Waals surface area contributed by atoms with Gasteiger partial charge in [0.05, 0.1) is 0 Å². The van der Waals surface area contributed by atoms with E-state index in [4.69, 9.17) is 15.6 Å². The minimum absolute atomic E-state index is 0.184. The maximum Gasteiger partial charge on any atom is 0.133 e. The fraction of sp³-hybridized carbons (Fsp3) is 0.400. The highest BCUT2D eigenvalue weighted by molar-refractivity contribution is 5.78. The van der Waals surface area contributed by atoms with Crippen molar-refractivity contribution in [1.82, 2.24) is 0 Å². The Morgan fingerprint density at radius 1 is 1.44 bits per heavy atom. The molecule has 18 heavy (non-hydrogen) atoms. The van der Waals surface area contributed by atoms with E-state index in [-0.39, 0.29) is 5.78 Å². The number of aryl methyl sites for hydroxylation is 2. The summed E-state index contributed by atoms with van der Waals surface area (Å²) < 4.78 is 10.3. The van der Waals surface area contributed by atoms with E-state index in [0.29, 0.717) is 31.4 Å². The number of hydrogen-bond acceptors (Lipinski definition) is 3. The Hall–Kier alpha value is -1.95. The lowest BCUT2D eigenvalue weighted by atomic mass is 10.1. The zero-order chi connectivity index (χ0) is 13.4. The molecular formula is C15H18O3. The summed E-state index contributed by atoms with van der Waals surface area (Å²) in [5, 5.41) is 0. The summed E-state index contributed by atoms with van der Waals surface area (Å²) in [6.07, 6.45) is 11.1. The zero-order valence-electron chi connectivity index (χ0n) is 10.9. The fourth-order valence-corrected chi connectivity index (χ4v) is 1.60. The van der Waals surface area contributed by atoms with Crippen LogP contribution in [0.5, 0.6) is 0 Å². The van der Waals surface area contributed by atoms with Crippen LogP contribution in [0.4, 0.5) is 0 Å². The lowest BCUT2D eigenvalue weighted by Crippen LogP contribution is -2.01. The van der Waals surface area contributed by atoms with E-state index >= 15 is 0 Å². The van der Waals surface area contributed by atoms with E-state index in [1.54, 1.807) is 6.08 Å². The molecule has 1 aromatic heterocycles. The van der Waals surface area contributed by atoms with E-state index in [1.165, 1.54) is 0 Å². The predicted molar refractivity (Wildman–Crippen MR) is 69.7 cm³/mol. The van der Waals surface area contributed by atoms with Crippen molar-refractivity contribution in [2.75, 3.05) is 0 Å². The van der Waals surface area contributed by atoms with Crippen molar-refractivity contribution >= 4 is 5.78 Å². The molecule has 0 spiro atoms. The van der Waals surface area contributed by atoms with Gasteiger partial charge in [0.2, 0.25) is 0 Å². The Bertz CT molecular complexity index is 460. The van der Waals surface area contributed by atoms with Gasteiger partial charge in [0.15, 0.2) is 0 Å². The Kier molecular flexibility index (Phi) is 5.79. The van der Waals surface area contributed by atoms with E-state index in [9.17, 15) is 4.79 Å². The molecule has 0 bridgehead atoms. The molecule has 0 aliphatic heterocycles. The molecule has 96 valence electrons. The first-order chi connectivity index (χ1) is 8.65. The van der Waals surface area contributed by atoms with Gasteiger partial charge < -0.3 is 9.15 Å². The molecule has 0 aliphatic carbocycles. The normalized spacial score (nSPS) is 11.1. The first kappa shape index (κ1) is 14.1. The number of ketones is 1. The van der Waals surface area contributed by atoms with Crippen molar-refractivity contribution in [2.24, 2.45) is 0 Å². The summed E-state index contributed by atoms with van der Waals surface area (Å²) in [5.41, 5.74) is 0. The van der Waals surface area contributed by atoms with Crippen molar-refractivity contribution in [3.05, 3.63) is 35.5 Å². The van der Waals surface area contributed by atoms with Crippen LogP contribution in [0.15, 0.2) is 28.4 Å². The van der Waals surface area contributed by atoms with Gasteiger partial charge >= 0.3 is 0 Å². The van der Waals surface area contributed by atoms with Gasteiger partial charge in [-0.15, -0.1) is 0 Å². The average molecular weight is 246 g/mol. The third kappa shape index (κ3) is 4.92. The lowest BCUT2D eigenvalue weighted by molar-refractivity contribution is -0.119. The molecule has 0 amide bonds. The van der Waals surface area contributed by atoms with Crippen molar-refractivity contribution in [1.29, 1.82) is 0 Å². The summed E-state index contributed by atoms with van der Waals surface area (Å²) in [7, 11) is 0. The molecule has 1 rings (SSSR count). The smallest absolute Gasteiger partial charge is 0.133 e. The van der Waals surface area contributed by atoms with Gasteiger partial charge in [-0.2, -0.15) is 0 Å². The summed E-state index contributed by atoms with van der Waals surface area (Å²) in [6, 6.07) is 3.81. The van der Waals surface area contributed by atoms with Crippen LogP contribution in [0.3, 0.4) is 0 Å². The van der Waals surface area contributed by atoms with Crippen LogP contribution < -0.4 is 0 Å². The number of carbonyl (C=O) groups is 1. The molecule has 0 atom stereocenters. The minimum Gasteiger partial charge on any atom is -0.466 e. The molecular weight excluding hydrogens is 228 g/mol. The molecule has 0 unspecified atom stereocenters. The van der Waals surface area contributed by atoms with Gasteiger partial charge in [-0.05, 0) is 32.1 Å². The van der Waals surface area contributed by atoms with Crippen molar-refractivity contribution in [3.63, 3.8) is 0 Å². The Morgan fingerprint density at radius 3 is 2.78 bits per heavy atom. The number of allylic oxidation sites excluding steroid dienone is 2. The second kappa shape index (κ2) is 7.39. The summed E-state index contributed by atoms with van der Waals surface area (Å²) in [6.45, 7) is 3.73. The van der Waals surface area contributed by atoms with Crippen LogP contribution in [-0.2, 0) is 16.0 Å². The zero-order valence-corrected chi connectivity index (χ0v) is 10.9. The highest BCUT2D eigenvalue weighted by Crippen LogP contribution is 2.12. The van der Waals surface area contributed by atoms with E-state index < -0.39 is 0 Å². The molecule has 0 aliphatic rings. The Labute approximate surface area is 108 Å². The van der Waals surface area contributed by atoms with E-state index in [2.05, 4.69) is 6.11 Å². The maximum absolute atomic E-state index is 11.7. The van der Waals surface area contributed by atoms with Crippen LogP contribution in [0.1, 0.15) is 37.7 Å². The fourth-order valence-electron chi connectivity index (χ4n) is 1.60. The SMILES string of the molecule is C#CO/C(=C\C)CCC(=O)CCc1ccc(C)o1. The van der Waals surface area contributed by atoms with Gasteiger partial charge in [0, 0.05) is 25.7 Å².